The van der Waals surface area contributed by atoms with Crippen molar-refractivity contribution in [2.45, 2.75) is 18.7 Å². The van der Waals surface area contributed by atoms with Gasteiger partial charge < -0.3 is 10.1 Å². The summed E-state index contributed by atoms with van der Waals surface area (Å²) >= 11 is 0. The second kappa shape index (κ2) is 7.54. The first kappa shape index (κ1) is 19.5. The average Bonchev–Trinajstić information content (AvgIpc) is 3.13. The van der Waals surface area contributed by atoms with Crippen molar-refractivity contribution in [3.63, 3.8) is 0 Å². The van der Waals surface area contributed by atoms with Gasteiger partial charge in [-0.05, 0) is 37.1 Å². The lowest BCUT2D eigenvalue weighted by atomic mass is 10.2. The number of nitrogens with one attached hydrogen (secondary N) is 1. The fourth-order valence-corrected chi connectivity index (χ4v) is 4.87. The van der Waals surface area contributed by atoms with Gasteiger partial charge in [-0.15, -0.1) is 0 Å². The molecule has 2 aromatic heterocycles. The molecule has 0 saturated carbocycles. The van der Waals surface area contributed by atoms with Gasteiger partial charge in [0.25, 0.3) is 5.91 Å². The molecule has 1 aliphatic heterocycles. The van der Waals surface area contributed by atoms with Crippen LogP contribution in [0.15, 0.2) is 41.7 Å². The van der Waals surface area contributed by atoms with E-state index in [0.29, 0.717) is 48.8 Å². The molecule has 3 heterocycles. The number of benzene rings is 1. The Bertz CT molecular complexity index is 1180. The maximum atomic E-state index is 13.0. The van der Waals surface area contributed by atoms with Crippen LogP contribution in [0.2, 0.25) is 0 Å². The third-order valence-corrected chi connectivity index (χ3v) is 6.80. The second-order valence-electron chi connectivity index (χ2n) is 6.91. The lowest BCUT2D eigenvalue weighted by Crippen LogP contribution is -2.40. The van der Waals surface area contributed by atoms with Gasteiger partial charge in [0, 0.05) is 31.2 Å². The van der Waals surface area contributed by atoms with Gasteiger partial charge >= 0.3 is 0 Å². The molecule has 0 unspecified atom stereocenters. The van der Waals surface area contributed by atoms with Gasteiger partial charge in [0.1, 0.15) is 5.56 Å². The SMILES string of the molecule is Cc1cnc2c(C(=O)Nc3ccc(C)c(S(=O)(=O)N4CCOCC4)c3)cnn2c1. The fraction of sp³-hybridized carbons (Fsp3) is 0.316. The molecule has 1 N–H and O–H groups in total. The molecular formula is C19H21N5O4S. The van der Waals surface area contributed by atoms with Gasteiger partial charge in [0.2, 0.25) is 10.0 Å². The number of nitrogens with zero attached hydrogens (tertiary/aromatic N) is 4. The normalized spacial score (nSPS) is 15.5. The van der Waals surface area contributed by atoms with Crippen LogP contribution in [-0.4, -0.2) is 59.5 Å². The molecule has 0 aliphatic carbocycles. The molecule has 1 amide bonds. The molecule has 1 aromatic carbocycles. The molecule has 9 nitrogen and oxygen atoms in total. The minimum atomic E-state index is -3.67. The summed E-state index contributed by atoms with van der Waals surface area (Å²) in [6, 6.07) is 4.84. The number of amides is 1. The molecule has 1 fully saturated rings. The molecule has 0 bridgehead atoms. The van der Waals surface area contributed by atoms with Crippen molar-refractivity contribution in [1.82, 2.24) is 18.9 Å². The topological polar surface area (TPSA) is 106 Å². The summed E-state index contributed by atoms with van der Waals surface area (Å²) in [6.45, 7) is 4.98. The van der Waals surface area contributed by atoms with Crippen LogP contribution in [0, 0.1) is 13.8 Å². The van der Waals surface area contributed by atoms with E-state index in [9.17, 15) is 13.2 Å². The highest BCUT2D eigenvalue weighted by molar-refractivity contribution is 7.89. The summed E-state index contributed by atoms with van der Waals surface area (Å²) in [5.74, 6) is -0.407. The van der Waals surface area contributed by atoms with Gasteiger partial charge in [-0.2, -0.15) is 9.40 Å². The number of aryl methyl sites for hydroxylation is 2. The first-order valence-corrected chi connectivity index (χ1v) is 10.6. The molecule has 0 spiro atoms. The first-order valence-electron chi connectivity index (χ1n) is 9.16. The maximum Gasteiger partial charge on any atom is 0.261 e. The van der Waals surface area contributed by atoms with Crippen molar-refractivity contribution in [2.75, 3.05) is 31.6 Å². The largest absolute Gasteiger partial charge is 0.379 e. The van der Waals surface area contributed by atoms with Gasteiger partial charge in [0.15, 0.2) is 5.65 Å². The van der Waals surface area contributed by atoms with Crippen molar-refractivity contribution >= 4 is 27.3 Å². The number of ether oxygens (including phenoxy) is 1. The Balaban J connectivity index is 1.62. The summed E-state index contributed by atoms with van der Waals surface area (Å²) in [5, 5.41) is 6.91. The van der Waals surface area contributed by atoms with Gasteiger partial charge in [-0.25, -0.2) is 17.9 Å². The smallest absolute Gasteiger partial charge is 0.261 e. The highest BCUT2D eigenvalue weighted by Gasteiger charge is 2.28. The van der Waals surface area contributed by atoms with Crippen LogP contribution < -0.4 is 5.32 Å². The minimum Gasteiger partial charge on any atom is -0.379 e. The summed E-state index contributed by atoms with van der Waals surface area (Å²) in [5.41, 5.74) is 2.66. The number of aromatic nitrogens is 3. The quantitative estimate of drug-likeness (QED) is 0.694. The zero-order valence-corrected chi connectivity index (χ0v) is 16.9. The molecule has 152 valence electrons. The van der Waals surface area contributed by atoms with Gasteiger partial charge in [-0.3, -0.25) is 4.79 Å². The number of carbonyl (C=O) groups is 1. The standard InChI is InChI=1S/C19H21N5O4S/c1-13-10-20-18-16(11-21-24(18)12-13)19(25)22-15-4-3-14(2)17(9-15)29(26,27)23-5-7-28-8-6-23/h3-4,9-12H,5-8H2,1-2H3,(H,22,25). The Kier molecular flexibility index (Phi) is 5.07. The third kappa shape index (κ3) is 3.74. The molecule has 4 rings (SSSR count). The lowest BCUT2D eigenvalue weighted by Gasteiger charge is -2.26. The van der Waals surface area contributed by atoms with Crippen molar-refractivity contribution in [1.29, 1.82) is 0 Å². The highest BCUT2D eigenvalue weighted by Crippen LogP contribution is 2.25. The van der Waals surface area contributed by atoms with Crippen molar-refractivity contribution in [2.24, 2.45) is 0 Å². The predicted octanol–water partition coefficient (Wildman–Crippen LogP) is 1.62. The van der Waals surface area contributed by atoms with E-state index in [0.717, 1.165) is 5.56 Å². The number of carbonyl (C=O) groups excluding carboxylic acids is 1. The lowest BCUT2D eigenvalue weighted by molar-refractivity contribution is 0.0730. The number of fused-ring (bicyclic) bond motifs is 1. The Hall–Kier alpha value is -2.82. The van der Waals surface area contributed by atoms with Crippen molar-refractivity contribution in [3.8, 4) is 0 Å². The number of anilines is 1. The van der Waals surface area contributed by atoms with E-state index in [-0.39, 0.29) is 4.90 Å². The van der Waals surface area contributed by atoms with E-state index in [1.807, 2.05) is 6.92 Å². The van der Waals surface area contributed by atoms with E-state index >= 15 is 0 Å². The molecule has 1 saturated heterocycles. The molecular weight excluding hydrogens is 394 g/mol. The first-order chi connectivity index (χ1) is 13.9. The van der Waals surface area contributed by atoms with E-state index < -0.39 is 15.9 Å². The molecule has 0 atom stereocenters. The maximum absolute atomic E-state index is 13.0. The van der Waals surface area contributed by atoms with Crippen LogP contribution in [-0.2, 0) is 14.8 Å². The molecule has 1 aliphatic rings. The van der Waals surface area contributed by atoms with E-state index in [1.54, 1.807) is 31.5 Å². The Morgan fingerprint density at radius 1 is 1.17 bits per heavy atom. The summed E-state index contributed by atoms with van der Waals surface area (Å²) < 4.78 is 34.2. The Labute approximate surface area is 168 Å². The zero-order valence-electron chi connectivity index (χ0n) is 16.1. The van der Waals surface area contributed by atoms with Crippen LogP contribution in [0.1, 0.15) is 21.5 Å². The van der Waals surface area contributed by atoms with E-state index in [4.69, 9.17) is 4.74 Å². The zero-order chi connectivity index (χ0) is 20.6. The molecule has 3 aromatic rings. The van der Waals surface area contributed by atoms with Gasteiger partial charge in [0.05, 0.1) is 24.3 Å². The minimum absolute atomic E-state index is 0.172. The average molecular weight is 415 g/mol. The van der Waals surface area contributed by atoms with Crippen LogP contribution in [0.3, 0.4) is 0 Å². The van der Waals surface area contributed by atoms with Crippen LogP contribution in [0.4, 0.5) is 5.69 Å². The van der Waals surface area contributed by atoms with Crippen LogP contribution in [0.25, 0.3) is 5.65 Å². The second-order valence-corrected chi connectivity index (χ2v) is 8.81. The van der Waals surface area contributed by atoms with Gasteiger partial charge in [-0.1, -0.05) is 6.07 Å². The van der Waals surface area contributed by atoms with E-state index in [1.165, 1.54) is 21.1 Å². The molecule has 29 heavy (non-hydrogen) atoms. The monoisotopic (exact) mass is 415 g/mol. The van der Waals surface area contributed by atoms with Crippen LogP contribution in [0.5, 0.6) is 0 Å². The third-order valence-electron chi connectivity index (χ3n) is 4.76. The molecule has 0 radical (unpaired) electrons. The van der Waals surface area contributed by atoms with Crippen LogP contribution >= 0.6 is 0 Å². The van der Waals surface area contributed by atoms with E-state index in [2.05, 4.69) is 15.4 Å². The predicted molar refractivity (Wildman–Crippen MR) is 106 cm³/mol. The number of hydrogen-bond donors (Lipinski definition) is 1. The highest BCUT2D eigenvalue weighted by atomic mass is 32.2. The Morgan fingerprint density at radius 2 is 1.93 bits per heavy atom. The fourth-order valence-electron chi connectivity index (χ4n) is 3.21. The number of morpholine rings is 1. The summed E-state index contributed by atoms with van der Waals surface area (Å²) in [7, 11) is -3.67. The van der Waals surface area contributed by atoms with Crippen molar-refractivity contribution in [3.05, 3.63) is 53.5 Å². The number of hydrogen-bond acceptors (Lipinski definition) is 6. The summed E-state index contributed by atoms with van der Waals surface area (Å²) in [4.78, 5) is 17.2. The number of rotatable bonds is 4. The van der Waals surface area contributed by atoms with Crippen molar-refractivity contribution < 1.29 is 17.9 Å². The molecule has 10 heteroatoms. The Morgan fingerprint density at radius 3 is 2.69 bits per heavy atom. The summed E-state index contributed by atoms with van der Waals surface area (Å²) in [6.07, 6.45) is 4.88. The number of sulfonamides is 1.